The minimum absolute atomic E-state index is 0.00685. The number of aromatic nitrogens is 3. The molecule has 0 radical (unpaired) electrons. The topological polar surface area (TPSA) is 112 Å². The van der Waals surface area contributed by atoms with Crippen LogP contribution in [0, 0.1) is 0 Å². The first kappa shape index (κ1) is 26.6. The van der Waals surface area contributed by atoms with E-state index in [9.17, 15) is 9.59 Å². The Morgan fingerprint density at radius 3 is 2.41 bits per heavy atom. The minimum atomic E-state index is -0.0289. The van der Waals surface area contributed by atoms with Crippen LogP contribution in [0.2, 0.25) is 0 Å². The average Bonchev–Trinajstić information content (AvgIpc) is 3.54. The fourth-order valence-corrected chi connectivity index (χ4v) is 4.91. The van der Waals surface area contributed by atoms with Gasteiger partial charge in [-0.05, 0) is 56.0 Å². The number of carbonyl (C=O) groups is 2. The molecule has 3 aromatic rings. The fourth-order valence-electron chi connectivity index (χ4n) is 4.91. The van der Waals surface area contributed by atoms with E-state index in [0.29, 0.717) is 18.1 Å². The Bertz CT molecular complexity index is 1200. The lowest BCUT2D eigenvalue weighted by Gasteiger charge is -2.19. The number of aliphatic hydroxyl groups excluding tert-OH is 1. The average molecular weight is 507 g/mol. The van der Waals surface area contributed by atoms with Gasteiger partial charge in [-0.2, -0.15) is 4.98 Å². The molecule has 1 saturated carbocycles. The third-order valence-electron chi connectivity index (χ3n) is 6.88. The van der Waals surface area contributed by atoms with Crippen LogP contribution < -0.4 is 10.6 Å². The van der Waals surface area contributed by atoms with Gasteiger partial charge in [0.15, 0.2) is 0 Å². The number of hydrogen-bond donors (Lipinski definition) is 3. The lowest BCUT2D eigenvalue weighted by molar-refractivity contribution is -0.116. The Labute approximate surface area is 218 Å². The van der Waals surface area contributed by atoms with Crippen LogP contribution in [0.15, 0.2) is 36.5 Å². The lowest BCUT2D eigenvalue weighted by atomic mass is 10.1. The van der Waals surface area contributed by atoms with E-state index in [2.05, 4.69) is 20.2 Å². The van der Waals surface area contributed by atoms with E-state index in [0.717, 1.165) is 80.2 Å². The molecule has 37 heavy (non-hydrogen) atoms. The summed E-state index contributed by atoms with van der Waals surface area (Å²) in [6.07, 6.45) is 11.4. The molecule has 0 aliphatic heterocycles. The van der Waals surface area contributed by atoms with Gasteiger partial charge in [-0.15, -0.1) is 0 Å². The predicted octanol–water partition coefficient (Wildman–Crippen LogP) is 5.26. The van der Waals surface area contributed by atoms with E-state index >= 15 is 0 Å². The highest BCUT2D eigenvalue weighted by Crippen LogP contribution is 2.35. The van der Waals surface area contributed by atoms with E-state index in [4.69, 9.17) is 10.1 Å². The van der Waals surface area contributed by atoms with Crippen molar-refractivity contribution in [3.63, 3.8) is 0 Å². The molecule has 0 spiro atoms. The number of carbonyl (C=O) groups excluding carboxylic acids is 2. The molecule has 198 valence electrons. The van der Waals surface area contributed by atoms with Gasteiger partial charge in [-0.25, -0.2) is 4.98 Å². The zero-order chi connectivity index (χ0) is 26.2. The molecular weight excluding hydrogens is 468 g/mol. The van der Waals surface area contributed by atoms with Gasteiger partial charge in [0.25, 0.3) is 5.91 Å². The quantitative estimate of drug-likeness (QED) is 0.289. The van der Waals surface area contributed by atoms with E-state index in [1.54, 1.807) is 25.2 Å². The normalized spacial score (nSPS) is 13.7. The predicted molar refractivity (Wildman–Crippen MR) is 146 cm³/mol. The Balaban J connectivity index is 1.41. The van der Waals surface area contributed by atoms with Crippen molar-refractivity contribution in [3.8, 4) is 0 Å². The summed E-state index contributed by atoms with van der Waals surface area (Å²) in [5.74, 6) is 0.442. The van der Waals surface area contributed by atoms with Crippen molar-refractivity contribution < 1.29 is 14.7 Å². The van der Waals surface area contributed by atoms with Crippen molar-refractivity contribution in [1.82, 2.24) is 19.4 Å². The van der Waals surface area contributed by atoms with Crippen LogP contribution in [-0.4, -0.2) is 57.1 Å². The van der Waals surface area contributed by atoms with Gasteiger partial charge in [0.05, 0.1) is 0 Å². The first-order chi connectivity index (χ1) is 18.0. The maximum atomic E-state index is 12.9. The highest BCUT2D eigenvalue weighted by molar-refractivity contribution is 5.98. The van der Waals surface area contributed by atoms with Crippen LogP contribution in [0.3, 0.4) is 0 Å². The molecule has 4 rings (SSSR count). The molecule has 2 heterocycles. The lowest BCUT2D eigenvalue weighted by Crippen LogP contribution is -2.25. The Morgan fingerprint density at radius 2 is 1.70 bits per heavy atom. The van der Waals surface area contributed by atoms with E-state index in [1.165, 1.54) is 0 Å². The number of hydrogen-bond acceptors (Lipinski definition) is 6. The Kier molecular flexibility index (Phi) is 9.11. The van der Waals surface area contributed by atoms with Crippen LogP contribution in [0.25, 0.3) is 11.0 Å². The van der Waals surface area contributed by atoms with Gasteiger partial charge < -0.3 is 25.2 Å². The molecule has 0 bridgehead atoms. The summed E-state index contributed by atoms with van der Waals surface area (Å²) in [6, 6.07) is 9.64. The molecule has 0 unspecified atom stereocenters. The number of rotatable bonds is 12. The van der Waals surface area contributed by atoms with E-state index in [-0.39, 0.29) is 24.5 Å². The summed E-state index contributed by atoms with van der Waals surface area (Å²) < 4.78 is 2.10. The highest BCUT2D eigenvalue weighted by atomic mass is 16.3. The summed E-state index contributed by atoms with van der Waals surface area (Å²) in [5, 5.41) is 15.9. The Morgan fingerprint density at radius 1 is 1.03 bits per heavy atom. The van der Waals surface area contributed by atoms with Gasteiger partial charge in [-0.1, -0.05) is 32.1 Å². The van der Waals surface area contributed by atoms with Crippen LogP contribution in [0.1, 0.15) is 80.7 Å². The summed E-state index contributed by atoms with van der Waals surface area (Å²) in [7, 11) is 3.54. The molecule has 0 atom stereocenters. The molecule has 0 saturated heterocycles. The van der Waals surface area contributed by atoms with Gasteiger partial charge in [0, 0.05) is 56.1 Å². The monoisotopic (exact) mass is 506 g/mol. The number of nitrogens with zero attached hydrogens (tertiary/aromatic N) is 4. The molecule has 2 amide bonds. The van der Waals surface area contributed by atoms with Gasteiger partial charge in [0.1, 0.15) is 11.3 Å². The van der Waals surface area contributed by atoms with Crippen LogP contribution in [0.4, 0.5) is 17.3 Å². The molecule has 1 fully saturated rings. The molecule has 3 N–H and O–H groups in total. The summed E-state index contributed by atoms with van der Waals surface area (Å²) in [6.45, 7) is 0.235. The second-order valence-corrected chi connectivity index (χ2v) is 10.0. The molecule has 9 nitrogen and oxygen atoms in total. The third kappa shape index (κ3) is 6.85. The van der Waals surface area contributed by atoms with Crippen molar-refractivity contribution in [1.29, 1.82) is 0 Å². The second kappa shape index (κ2) is 12.7. The minimum Gasteiger partial charge on any atom is -0.396 e. The summed E-state index contributed by atoms with van der Waals surface area (Å²) in [4.78, 5) is 36.0. The van der Waals surface area contributed by atoms with Crippen molar-refractivity contribution in [3.05, 3.63) is 42.2 Å². The number of amides is 2. The molecule has 1 aliphatic rings. The van der Waals surface area contributed by atoms with Gasteiger partial charge in [-0.3, -0.25) is 9.59 Å². The van der Waals surface area contributed by atoms with Crippen molar-refractivity contribution in [2.75, 3.05) is 31.3 Å². The molecule has 1 aliphatic carbocycles. The van der Waals surface area contributed by atoms with Gasteiger partial charge >= 0.3 is 0 Å². The zero-order valence-corrected chi connectivity index (χ0v) is 21.9. The van der Waals surface area contributed by atoms with Crippen LogP contribution in [0.5, 0.6) is 0 Å². The zero-order valence-electron chi connectivity index (χ0n) is 21.9. The van der Waals surface area contributed by atoms with Crippen LogP contribution >= 0.6 is 0 Å². The molecule has 2 aromatic heterocycles. The number of aliphatic hydroxyl groups is 1. The summed E-state index contributed by atoms with van der Waals surface area (Å²) in [5.41, 5.74) is 2.98. The second-order valence-electron chi connectivity index (χ2n) is 10.0. The number of nitrogens with one attached hydrogen (secondary N) is 2. The van der Waals surface area contributed by atoms with E-state index < -0.39 is 0 Å². The largest absolute Gasteiger partial charge is 0.396 e. The maximum Gasteiger partial charge on any atom is 0.270 e. The van der Waals surface area contributed by atoms with Crippen LogP contribution in [-0.2, 0) is 4.79 Å². The SMILES string of the molecule is CN(C)C(=O)c1cc2cnc(Nc3ccc(NC(=O)CCCCCCCO)cc3)nc2n1C1CCCC1. The molecule has 1 aromatic carbocycles. The first-order valence-corrected chi connectivity index (χ1v) is 13.3. The van der Waals surface area contributed by atoms with Crippen molar-refractivity contribution in [2.24, 2.45) is 0 Å². The van der Waals surface area contributed by atoms with Crippen molar-refractivity contribution >= 4 is 40.2 Å². The third-order valence-corrected chi connectivity index (χ3v) is 6.88. The Hall–Kier alpha value is -3.46. The molecule has 9 heteroatoms. The molecular formula is C28H38N6O3. The maximum absolute atomic E-state index is 12.9. The smallest absolute Gasteiger partial charge is 0.270 e. The standard InChI is InChI=1S/C28H38N6O3/c1-33(2)27(37)24-18-20-19-29-28(32-26(20)34(24)23-10-7-8-11-23)31-22-15-13-21(14-16-22)30-25(36)12-6-4-3-5-9-17-35/h13-16,18-19,23,35H,3-12,17H2,1-2H3,(H,30,36)(H,29,31,32). The van der Waals surface area contributed by atoms with E-state index in [1.807, 2.05) is 30.3 Å². The van der Waals surface area contributed by atoms with Crippen molar-refractivity contribution in [2.45, 2.75) is 70.3 Å². The summed E-state index contributed by atoms with van der Waals surface area (Å²) >= 11 is 0. The number of anilines is 3. The fraction of sp³-hybridized carbons (Fsp3) is 0.500. The number of unbranched alkanes of at least 4 members (excludes halogenated alkanes) is 4. The first-order valence-electron chi connectivity index (χ1n) is 13.3. The number of benzene rings is 1. The number of fused-ring (bicyclic) bond motifs is 1. The highest BCUT2D eigenvalue weighted by Gasteiger charge is 2.26. The van der Waals surface area contributed by atoms with Gasteiger partial charge in [0.2, 0.25) is 11.9 Å².